The number of anilines is 1. The van der Waals surface area contributed by atoms with Gasteiger partial charge in [0.1, 0.15) is 12.1 Å². The van der Waals surface area contributed by atoms with Gasteiger partial charge < -0.3 is 14.8 Å². The largest absolute Gasteiger partial charge is 0.382 e. The van der Waals surface area contributed by atoms with Crippen molar-refractivity contribution in [1.82, 2.24) is 0 Å². The van der Waals surface area contributed by atoms with Gasteiger partial charge in [-0.1, -0.05) is 0 Å². The zero-order valence-corrected chi connectivity index (χ0v) is 11.8. The molecule has 5 heteroatoms. The van der Waals surface area contributed by atoms with Crippen molar-refractivity contribution in [3.63, 3.8) is 0 Å². The molecule has 1 aromatic carbocycles. The minimum absolute atomic E-state index is 0.347. The van der Waals surface area contributed by atoms with Crippen LogP contribution in [-0.2, 0) is 9.47 Å². The number of nitrogens with zero attached hydrogens (tertiary/aromatic N) is 2. The summed E-state index contributed by atoms with van der Waals surface area (Å²) in [5.74, 6) is -0.347. The molecule has 3 rings (SSSR count). The molecule has 0 radical (unpaired) electrons. The predicted octanol–water partition coefficient (Wildman–Crippen LogP) is 2.53. The van der Waals surface area contributed by atoms with Gasteiger partial charge in [-0.2, -0.15) is 10.5 Å². The van der Waals surface area contributed by atoms with Crippen LogP contribution in [0.5, 0.6) is 0 Å². The molecule has 1 saturated carbocycles. The molecule has 108 valence electrons. The Morgan fingerprint density at radius 3 is 2.33 bits per heavy atom. The molecule has 2 fully saturated rings. The van der Waals surface area contributed by atoms with Crippen LogP contribution in [0.1, 0.15) is 36.8 Å². The lowest BCUT2D eigenvalue weighted by Gasteiger charge is -2.36. The van der Waals surface area contributed by atoms with E-state index in [1.807, 2.05) is 12.1 Å². The Morgan fingerprint density at radius 2 is 1.71 bits per heavy atom. The highest BCUT2D eigenvalue weighted by molar-refractivity contribution is 5.56. The highest BCUT2D eigenvalue weighted by atomic mass is 16.7. The number of hydrogen-bond acceptors (Lipinski definition) is 5. The second kappa shape index (κ2) is 5.73. The van der Waals surface area contributed by atoms with E-state index in [0.717, 1.165) is 31.4 Å². The SMILES string of the molecule is N#Cc1ccc(NC2CCC3(CC2)OCCO3)cc1C#N. The van der Waals surface area contributed by atoms with Gasteiger partial charge in [0.15, 0.2) is 5.79 Å². The summed E-state index contributed by atoms with van der Waals surface area (Å²) in [6, 6.07) is 9.72. The average Bonchev–Trinajstić information content (AvgIpc) is 2.98. The first-order valence-electron chi connectivity index (χ1n) is 7.23. The summed E-state index contributed by atoms with van der Waals surface area (Å²) in [6.07, 6.45) is 3.74. The minimum Gasteiger partial charge on any atom is -0.382 e. The topological polar surface area (TPSA) is 78.1 Å². The minimum atomic E-state index is -0.347. The molecule has 1 aliphatic heterocycles. The van der Waals surface area contributed by atoms with Crippen molar-refractivity contribution in [2.75, 3.05) is 18.5 Å². The normalized spacial score (nSPS) is 20.9. The van der Waals surface area contributed by atoms with Gasteiger partial charge in [-0.05, 0) is 31.0 Å². The molecular formula is C16H17N3O2. The molecular weight excluding hydrogens is 266 g/mol. The molecule has 0 unspecified atom stereocenters. The van der Waals surface area contributed by atoms with E-state index in [4.69, 9.17) is 20.0 Å². The van der Waals surface area contributed by atoms with E-state index in [2.05, 4.69) is 11.4 Å². The van der Waals surface area contributed by atoms with Gasteiger partial charge >= 0.3 is 0 Å². The van der Waals surface area contributed by atoms with Crippen molar-refractivity contribution in [3.8, 4) is 12.1 Å². The van der Waals surface area contributed by atoms with Gasteiger partial charge in [-0.25, -0.2) is 0 Å². The maximum Gasteiger partial charge on any atom is 0.168 e. The Bertz CT molecular complexity index is 599. The molecule has 5 nitrogen and oxygen atoms in total. The van der Waals surface area contributed by atoms with Crippen molar-refractivity contribution >= 4 is 5.69 Å². The number of nitrogens with one attached hydrogen (secondary N) is 1. The third-order valence-corrected chi connectivity index (χ3v) is 4.19. The first kappa shape index (κ1) is 13.9. The maximum absolute atomic E-state index is 9.06. The third kappa shape index (κ3) is 2.85. The second-order valence-corrected chi connectivity index (χ2v) is 5.51. The van der Waals surface area contributed by atoms with E-state index >= 15 is 0 Å². The molecule has 1 saturated heterocycles. The van der Waals surface area contributed by atoms with E-state index in [-0.39, 0.29) is 5.79 Å². The number of ether oxygens (including phenoxy) is 2. The lowest BCUT2D eigenvalue weighted by atomic mass is 9.90. The first-order chi connectivity index (χ1) is 10.2. The van der Waals surface area contributed by atoms with Crippen LogP contribution in [0.2, 0.25) is 0 Å². The van der Waals surface area contributed by atoms with Crippen molar-refractivity contribution in [1.29, 1.82) is 10.5 Å². The molecule has 0 bridgehead atoms. The van der Waals surface area contributed by atoms with Crippen molar-refractivity contribution in [2.24, 2.45) is 0 Å². The van der Waals surface area contributed by atoms with Crippen LogP contribution in [0.25, 0.3) is 0 Å². The van der Waals surface area contributed by atoms with Crippen LogP contribution in [-0.4, -0.2) is 25.0 Å². The van der Waals surface area contributed by atoms with Gasteiger partial charge in [0.25, 0.3) is 0 Å². The molecule has 1 spiro atoms. The van der Waals surface area contributed by atoms with E-state index < -0.39 is 0 Å². The molecule has 21 heavy (non-hydrogen) atoms. The van der Waals surface area contributed by atoms with Crippen molar-refractivity contribution in [2.45, 2.75) is 37.5 Å². The zero-order chi connectivity index (χ0) is 14.7. The first-order valence-corrected chi connectivity index (χ1v) is 7.23. The quantitative estimate of drug-likeness (QED) is 0.902. The fraction of sp³-hybridized carbons (Fsp3) is 0.500. The van der Waals surface area contributed by atoms with E-state index in [1.165, 1.54) is 0 Å². The Hall–Kier alpha value is -2.08. The third-order valence-electron chi connectivity index (χ3n) is 4.19. The van der Waals surface area contributed by atoms with Crippen LogP contribution in [0.15, 0.2) is 18.2 Å². The van der Waals surface area contributed by atoms with Crippen LogP contribution in [0.3, 0.4) is 0 Å². The molecule has 1 heterocycles. The predicted molar refractivity (Wildman–Crippen MR) is 76.4 cm³/mol. The number of nitriles is 2. The Morgan fingerprint density at radius 1 is 1.05 bits per heavy atom. The second-order valence-electron chi connectivity index (χ2n) is 5.51. The Kier molecular flexibility index (Phi) is 3.79. The summed E-state index contributed by atoms with van der Waals surface area (Å²) < 4.78 is 11.4. The fourth-order valence-corrected chi connectivity index (χ4v) is 3.05. The average molecular weight is 283 g/mol. The Labute approximate surface area is 124 Å². The summed E-state index contributed by atoms with van der Waals surface area (Å²) in [5, 5.41) is 21.4. The van der Waals surface area contributed by atoms with Crippen molar-refractivity contribution in [3.05, 3.63) is 29.3 Å². The molecule has 1 aliphatic carbocycles. The molecule has 0 amide bonds. The standard InChI is InChI=1S/C16H17N3O2/c17-10-12-1-2-15(9-13(12)11-18)19-14-3-5-16(6-4-14)20-7-8-21-16/h1-2,9,14,19H,3-8H2. The van der Waals surface area contributed by atoms with Crippen LogP contribution in [0, 0.1) is 22.7 Å². The van der Waals surface area contributed by atoms with Gasteiger partial charge in [0, 0.05) is 24.6 Å². The molecule has 1 N–H and O–H groups in total. The summed E-state index contributed by atoms with van der Waals surface area (Å²) in [6.45, 7) is 1.39. The molecule has 1 aromatic rings. The molecule has 0 atom stereocenters. The highest BCUT2D eigenvalue weighted by Gasteiger charge is 2.40. The number of benzene rings is 1. The van der Waals surface area contributed by atoms with Crippen LogP contribution < -0.4 is 5.32 Å². The maximum atomic E-state index is 9.06. The lowest BCUT2D eigenvalue weighted by Crippen LogP contribution is -2.39. The van der Waals surface area contributed by atoms with E-state index in [9.17, 15) is 0 Å². The number of hydrogen-bond donors (Lipinski definition) is 1. The van der Waals surface area contributed by atoms with E-state index in [0.29, 0.717) is 30.4 Å². The van der Waals surface area contributed by atoms with Gasteiger partial charge in [-0.3, -0.25) is 0 Å². The fourth-order valence-electron chi connectivity index (χ4n) is 3.05. The summed E-state index contributed by atoms with van der Waals surface area (Å²) in [7, 11) is 0. The summed E-state index contributed by atoms with van der Waals surface area (Å²) in [4.78, 5) is 0. The van der Waals surface area contributed by atoms with Crippen LogP contribution >= 0.6 is 0 Å². The van der Waals surface area contributed by atoms with E-state index in [1.54, 1.807) is 12.1 Å². The molecule has 2 aliphatic rings. The number of rotatable bonds is 2. The van der Waals surface area contributed by atoms with Crippen molar-refractivity contribution < 1.29 is 9.47 Å². The summed E-state index contributed by atoms with van der Waals surface area (Å²) >= 11 is 0. The van der Waals surface area contributed by atoms with Gasteiger partial charge in [0.05, 0.1) is 24.3 Å². The Balaban J connectivity index is 1.63. The smallest absolute Gasteiger partial charge is 0.168 e. The monoisotopic (exact) mass is 283 g/mol. The van der Waals surface area contributed by atoms with Gasteiger partial charge in [-0.15, -0.1) is 0 Å². The lowest BCUT2D eigenvalue weighted by molar-refractivity contribution is -0.177. The van der Waals surface area contributed by atoms with Gasteiger partial charge in [0.2, 0.25) is 0 Å². The zero-order valence-electron chi connectivity index (χ0n) is 11.8. The molecule has 0 aromatic heterocycles. The summed E-state index contributed by atoms with van der Waals surface area (Å²) in [5.41, 5.74) is 1.72. The van der Waals surface area contributed by atoms with Crippen LogP contribution in [0.4, 0.5) is 5.69 Å². The highest BCUT2D eigenvalue weighted by Crippen LogP contribution is 2.36.